The van der Waals surface area contributed by atoms with Crippen LogP contribution in [0, 0.1) is 25.1 Å². The van der Waals surface area contributed by atoms with Crippen LogP contribution in [0.25, 0.3) is 22.0 Å². The first-order valence-electron chi connectivity index (χ1n) is 7.36. The van der Waals surface area contributed by atoms with Gasteiger partial charge in [0.05, 0.1) is 5.69 Å². The zero-order valence-corrected chi connectivity index (χ0v) is 12.8. The highest BCUT2D eigenvalue weighted by Crippen LogP contribution is 2.25. The Balaban J connectivity index is 1.94. The molecular weight excluding hydrogens is 289 g/mol. The summed E-state index contributed by atoms with van der Waals surface area (Å²) in [5.41, 5.74) is 3.23. The molecule has 1 unspecified atom stereocenters. The molecule has 23 heavy (non-hydrogen) atoms. The predicted molar refractivity (Wildman–Crippen MR) is 90.4 cm³/mol. The van der Waals surface area contributed by atoms with Crippen molar-refractivity contribution in [3.63, 3.8) is 0 Å². The zero-order chi connectivity index (χ0) is 16.4. The van der Waals surface area contributed by atoms with E-state index >= 15 is 0 Å². The molecule has 0 aliphatic carbocycles. The zero-order valence-electron chi connectivity index (χ0n) is 12.8. The van der Waals surface area contributed by atoms with E-state index in [4.69, 9.17) is 6.42 Å². The SMILES string of the molecule is C#CC(O)Cc1ccc(-c2ccc3cc(C)c(F)cc3c2)nc1. The van der Waals surface area contributed by atoms with Crippen molar-refractivity contribution >= 4 is 10.8 Å². The van der Waals surface area contributed by atoms with Gasteiger partial charge in [-0.3, -0.25) is 4.98 Å². The molecule has 3 heteroatoms. The van der Waals surface area contributed by atoms with Gasteiger partial charge in [-0.2, -0.15) is 0 Å². The third kappa shape index (κ3) is 3.23. The fourth-order valence-corrected chi connectivity index (χ4v) is 2.54. The largest absolute Gasteiger partial charge is 0.380 e. The van der Waals surface area contributed by atoms with Crippen LogP contribution in [0.4, 0.5) is 4.39 Å². The molecule has 3 rings (SSSR count). The van der Waals surface area contributed by atoms with Gasteiger partial charge in [-0.1, -0.05) is 24.1 Å². The summed E-state index contributed by atoms with van der Waals surface area (Å²) < 4.78 is 13.7. The van der Waals surface area contributed by atoms with Crippen molar-refractivity contribution in [1.29, 1.82) is 0 Å². The predicted octanol–water partition coefficient (Wildman–Crippen LogP) is 3.89. The standard InChI is InChI=1S/C20H16FNO/c1-3-18(23)9-14-4-7-20(22-12-14)16-6-5-15-8-13(2)19(21)11-17(15)10-16/h1,4-8,10-12,18,23H,9H2,2H3. The molecule has 0 saturated carbocycles. The number of hydrogen-bond donors (Lipinski definition) is 1. The van der Waals surface area contributed by atoms with E-state index in [-0.39, 0.29) is 5.82 Å². The van der Waals surface area contributed by atoms with Gasteiger partial charge in [-0.25, -0.2) is 4.39 Å². The Kier molecular flexibility index (Phi) is 4.10. The van der Waals surface area contributed by atoms with Crippen molar-refractivity contribution in [2.75, 3.05) is 0 Å². The number of fused-ring (bicyclic) bond motifs is 1. The van der Waals surface area contributed by atoms with Gasteiger partial charge in [0, 0.05) is 18.2 Å². The Hall–Kier alpha value is -2.70. The maximum Gasteiger partial charge on any atom is 0.126 e. The molecule has 2 aromatic carbocycles. The van der Waals surface area contributed by atoms with E-state index in [1.54, 1.807) is 19.2 Å². The average molecular weight is 305 g/mol. The first-order chi connectivity index (χ1) is 11.1. The first-order valence-corrected chi connectivity index (χ1v) is 7.36. The molecule has 1 heterocycles. The third-order valence-corrected chi connectivity index (χ3v) is 3.86. The van der Waals surface area contributed by atoms with Gasteiger partial charge < -0.3 is 5.11 Å². The van der Waals surface area contributed by atoms with Gasteiger partial charge in [-0.05, 0) is 53.1 Å². The van der Waals surface area contributed by atoms with Crippen LogP contribution in [0.15, 0.2) is 48.7 Å². The average Bonchev–Trinajstić information content (AvgIpc) is 2.56. The van der Waals surface area contributed by atoms with E-state index in [1.807, 2.05) is 36.4 Å². The summed E-state index contributed by atoms with van der Waals surface area (Å²) in [6.45, 7) is 1.76. The second-order valence-corrected chi connectivity index (χ2v) is 5.60. The molecule has 1 aromatic heterocycles. The van der Waals surface area contributed by atoms with Crippen LogP contribution in [-0.4, -0.2) is 16.2 Å². The number of pyridine rings is 1. The highest BCUT2D eigenvalue weighted by Gasteiger charge is 2.06. The van der Waals surface area contributed by atoms with Gasteiger partial charge in [0.1, 0.15) is 11.9 Å². The maximum absolute atomic E-state index is 13.7. The minimum Gasteiger partial charge on any atom is -0.380 e. The third-order valence-electron chi connectivity index (χ3n) is 3.86. The van der Waals surface area contributed by atoms with Crippen LogP contribution in [0.3, 0.4) is 0 Å². The first kappa shape index (κ1) is 15.2. The number of aryl methyl sites for hydroxylation is 1. The lowest BCUT2D eigenvalue weighted by Gasteiger charge is -2.07. The molecule has 0 aliphatic heterocycles. The highest BCUT2D eigenvalue weighted by molar-refractivity contribution is 5.87. The van der Waals surface area contributed by atoms with E-state index in [2.05, 4.69) is 10.9 Å². The van der Waals surface area contributed by atoms with Crippen molar-refractivity contribution in [3.05, 3.63) is 65.6 Å². The number of benzene rings is 2. The van der Waals surface area contributed by atoms with Gasteiger partial charge in [-0.15, -0.1) is 6.42 Å². The molecular formula is C20H16FNO. The Morgan fingerprint density at radius 2 is 2.00 bits per heavy atom. The summed E-state index contributed by atoms with van der Waals surface area (Å²) in [6.07, 6.45) is 6.45. The molecule has 0 spiro atoms. The second-order valence-electron chi connectivity index (χ2n) is 5.60. The van der Waals surface area contributed by atoms with Crippen molar-refractivity contribution in [2.45, 2.75) is 19.4 Å². The molecule has 114 valence electrons. The Labute approximate surface area is 134 Å². The quantitative estimate of drug-likeness (QED) is 0.745. The van der Waals surface area contributed by atoms with Crippen LogP contribution in [0.2, 0.25) is 0 Å². The van der Waals surface area contributed by atoms with Crippen LogP contribution in [0.5, 0.6) is 0 Å². The fourth-order valence-electron chi connectivity index (χ4n) is 2.54. The molecule has 0 amide bonds. The van der Waals surface area contributed by atoms with Crippen molar-refractivity contribution in [3.8, 4) is 23.6 Å². The van der Waals surface area contributed by atoms with Crippen molar-refractivity contribution in [2.24, 2.45) is 0 Å². The number of hydrogen-bond acceptors (Lipinski definition) is 2. The highest BCUT2D eigenvalue weighted by atomic mass is 19.1. The number of nitrogens with zero attached hydrogens (tertiary/aromatic N) is 1. The van der Waals surface area contributed by atoms with Crippen LogP contribution >= 0.6 is 0 Å². The second kappa shape index (κ2) is 6.20. The van der Waals surface area contributed by atoms with Crippen molar-refractivity contribution < 1.29 is 9.50 Å². The van der Waals surface area contributed by atoms with Crippen LogP contribution in [0.1, 0.15) is 11.1 Å². The Morgan fingerprint density at radius 3 is 2.70 bits per heavy atom. The fraction of sp³-hybridized carbons (Fsp3) is 0.150. The van der Waals surface area contributed by atoms with Crippen molar-refractivity contribution in [1.82, 2.24) is 4.98 Å². The topological polar surface area (TPSA) is 33.1 Å². The van der Waals surface area contributed by atoms with Crippen LogP contribution in [-0.2, 0) is 6.42 Å². The van der Waals surface area contributed by atoms with E-state index in [0.717, 1.165) is 27.6 Å². The summed E-state index contributed by atoms with van der Waals surface area (Å²) in [5.74, 6) is 2.07. The number of rotatable bonds is 3. The molecule has 0 aliphatic rings. The molecule has 0 saturated heterocycles. The maximum atomic E-state index is 13.7. The van der Waals surface area contributed by atoms with Gasteiger partial charge in [0.25, 0.3) is 0 Å². The number of aliphatic hydroxyl groups excluding tert-OH is 1. The summed E-state index contributed by atoms with van der Waals surface area (Å²) in [7, 11) is 0. The molecule has 0 bridgehead atoms. The molecule has 0 radical (unpaired) electrons. The number of halogens is 1. The van der Waals surface area contributed by atoms with Gasteiger partial charge in [0.15, 0.2) is 0 Å². The monoisotopic (exact) mass is 305 g/mol. The van der Waals surface area contributed by atoms with Gasteiger partial charge in [0.2, 0.25) is 0 Å². The minimum atomic E-state index is -0.797. The molecule has 2 nitrogen and oxygen atoms in total. The van der Waals surface area contributed by atoms with Crippen LogP contribution < -0.4 is 0 Å². The molecule has 3 aromatic rings. The van der Waals surface area contributed by atoms with E-state index in [1.165, 1.54) is 0 Å². The lowest BCUT2D eigenvalue weighted by atomic mass is 10.0. The normalized spacial score (nSPS) is 12.1. The lowest BCUT2D eigenvalue weighted by molar-refractivity contribution is 0.233. The van der Waals surface area contributed by atoms with E-state index in [9.17, 15) is 9.50 Å². The smallest absolute Gasteiger partial charge is 0.126 e. The summed E-state index contributed by atoms with van der Waals surface area (Å²) >= 11 is 0. The summed E-state index contributed by atoms with van der Waals surface area (Å²) in [5, 5.41) is 11.3. The Bertz CT molecular complexity index is 894. The minimum absolute atomic E-state index is 0.207. The summed E-state index contributed by atoms with van der Waals surface area (Å²) in [4.78, 5) is 4.41. The number of aromatic nitrogens is 1. The Morgan fingerprint density at radius 1 is 1.17 bits per heavy atom. The van der Waals surface area contributed by atoms with Gasteiger partial charge >= 0.3 is 0 Å². The lowest BCUT2D eigenvalue weighted by Crippen LogP contribution is -2.06. The number of terminal acetylenes is 1. The molecule has 0 fully saturated rings. The summed E-state index contributed by atoms with van der Waals surface area (Å²) in [6, 6.07) is 13.0. The van der Waals surface area contributed by atoms with E-state index in [0.29, 0.717) is 12.0 Å². The molecule has 1 atom stereocenters. The van der Waals surface area contributed by atoms with E-state index < -0.39 is 6.10 Å². The molecule has 1 N–H and O–H groups in total. The number of aliphatic hydroxyl groups is 1.